The number of likely N-dealkylation sites (tertiary alicyclic amines) is 1. The van der Waals surface area contributed by atoms with Gasteiger partial charge in [0.15, 0.2) is 0 Å². The molecule has 1 aliphatic rings. The van der Waals surface area contributed by atoms with Crippen molar-refractivity contribution in [2.75, 3.05) is 13.1 Å². The van der Waals surface area contributed by atoms with Crippen molar-refractivity contribution < 1.29 is 13.9 Å². The van der Waals surface area contributed by atoms with Crippen LogP contribution in [0.1, 0.15) is 20.8 Å². The first-order chi connectivity index (χ1) is 6.95. The topological polar surface area (TPSA) is 29.5 Å². The highest BCUT2D eigenvalue weighted by Crippen LogP contribution is 2.40. The molecule has 82 valence electrons. The first kappa shape index (κ1) is 13.5. The predicted molar refractivity (Wildman–Crippen MR) is 61.6 cm³/mol. The Labute approximate surface area is 99.3 Å². The summed E-state index contributed by atoms with van der Waals surface area (Å²) in [7, 11) is 15.8. The van der Waals surface area contributed by atoms with E-state index in [2.05, 4.69) is 0 Å². The second kappa shape index (κ2) is 3.71. The maximum absolute atomic E-state index is 13.8. The van der Waals surface area contributed by atoms with Crippen molar-refractivity contribution in [3.05, 3.63) is 0 Å². The molecule has 0 bridgehead atoms. The Balaban J connectivity index is 2.51. The highest BCUT2D eigenvalue weighted by Gasteiger charge is 2.53. The molecule has 7 heteroatoms. The molecule has 1 fully saturated rings. The predicted octanol–water partition coefficient (Wildman–Crippen LogP) is 0.525. The standard InChI is InChI=1S/C9H13B3FNO2/c1-7(2,3)16-6(15)14-4-8(13,5-14)9(10,11)12/h4-5H2,1-3H3. The molecule has 0 aromatic carbocycles. The lowest BCUT2D eigenvalue weighted by atomic mass is 9.35. The summed E-state index contributed by atoms with van der Waals surface area (Å²) in [5.74, 6) is 0. The molecule has 0 spiro atoms. The molecule has 3 nitrogen and oxygen atoms in total. The normalized spacial score (nSPS) is 20.1. The second-order valence-corrected chi connectivity index (χ2v) is 5.23. The summed E-state index contributed by atoms with van der Waals surface area (Å²) in [5, 5.41) is -1.94. The van der Waals surface area contributed by atoms with Crippen molar-refractivity contribution in [2.45, 2.75) is 37.2 Å². The Hall–Kier alpha value is -0.605. The van der Waals surface area contributed by atoms with Gasteiger partial charge in [-0.2, -0.15) is 0 Å². The number of halogens is 1. The van der Waals surface area contributed by atoms with E-state index in [0.29, 0.717) is 0 Å². The highest BCUT2D eigenvalue weighted by atomic mass is 19.1. The van der Waals surface area contributed by atoms with Crippen molar-refractivity contribution in [1.82, 2.24) is 4.90 Å². The zero-order valence-corrected chi connectivity index (χ0v) is 9.79. The van der Waals surface area contributed by atoms with Crippen LogP contribution in [0.3, 0.4) is 0 Å². The van der Waals surface area contributed by atoms with Crippen LogP contribution >= 0.6 is 0 Å². The van der Waals surface area contributed by atoms with Crippen molar-refractivity contribution in [3.63, 3.8) is 0 Å². The van der Waals surface area contributed by atoms with Crippen molar-refractivity contribution in [1.29, 1.82) is 0 Å². The molecule has 6 radical (unpaired) electrons. The van der Waals surface area contributed by atoms with Crippen molar-refractivity contribution >= 4 is 29.6 Å². The van der Waals surface area contributed by atoms with E-state index in [1.54, 1.807) is 20.8 Å². The summed E-state index contributed by atoms with van der Waals surface area (Å²) in [5.41, 5.74) is -2.57. The minimum absolute atomic E-state index is 0.245. The Bertz CT molecular complexity index is 292. The van der Waals surface area contributed by atoms with Crippen molar-refractivity contribution in [2.24, 2.45) is 0 Å². The molecule has 0 unspecified atom stereocenters. The van der Waals surface area contributed by atoms with Crippen LogP contribution in [0.2, 0.25) is 5.11 Å². The number of hydrogen-bond acceptors (Lipinski definition) is 2. The van der Waals surface area contributed by atoms with Gasteiger partial charge < -0.3 is 9.64 Å². The van der Waals surface area contributed by atoms with E-state index in [-0.39, 0.29) is 13.1 Å². The molecule has 0 N–H and O–H groups in total. The maximum atomic E-state index is 13.8. The molecule has 1 amide bonds. The lowest BCUT2D eigenvalue weighted by molar-refractivity contribution is -0.0500. The van der Waals surface area contributed by atoms with E-state index < -0.39 is 22.5 Å². The van der Waals surface area contributed by atoms with Gasteiger partial charge in [0.05, 0.1) is 36.6 Å². The molecule has 0 atom stereocenters. The number of rotatable bonds is 1. The zero-order chi connectivity index (χ0) is 12.8. The number of nitrogens with zero attached hydrogens (tertiary/aromatic N) is 1. The summed E-state index contributed by atoms with van der Waals surface area (Å²) in [6.45, 7) is 4.70. The average Bonchev–Trinajstić information content (AvgIpc) is 1.92. The zero-order valence-electron chi connectivity index (χ0n) is 9.79. The summed E-state index contributed by atoms with van der Waals surface area (Å²) in [6, 6.07) is 0. The fourth-order valence-corrected chi connectivity index (χ4v) is 1.29. The molecular weight excluding hydrogens is 206 g/mol. The fraction of sp³-hybridized carbons (Fsp3) is 0.889. The monoisotopic (exact) mass is 219 g/mol. The third-order valence-corrected chi connectivity index (χ3v) is 2.31. The molecule has 1 saturated heterocycles. The first-order valence-electron chi connectivity index (χ1n) is 4.98. The van der Waals surface area contributed by atoms with Gasteiger partial charge in [-0.1, -0.05) is 5.11 Å². The minimum Gasteiger partial charge on any atom is -0.444 e. The quantitative estimate of drug-likeness (QED) is 0.601. The van der Waals surface area contributed by atoms with Crippen LogP contribution in [0.4, 0.5) is 9.18 Å². The van der Waals surface area contributed by atoms with Gasteiger partial charge in [0, 0.05) is 0 Å². The molecule has 0 aromatic heterocycles. The van der Waals surface area contributed by atoms with E-state index in [9.17, 15) is 9.18 Å². The van der Waals surface area contributed by atoms with Gasteiger partial charge in [-0.05, 0) is 20.8 Å². The van der Waals surface area contributed by atoms with Gasteiger partial charge in [0.25, 0.3) is 0 Å². The van der Waals surface area contributed by atoms with Crippen LogP contribution in [0.25, 0.3) is 0 Å². The van der Waals surface area contributed by atoms with Gasteiger partial charge in [-0.3, -0.25) is 0 Å². The summed E-state index contributed by atoms with van der Waals surface area (Å²) in [6.07, 6.45) is -0.593. The summed E-state index contributed by atoms with van der Waals surface area (Å²) >= 11 is 0. The maximum Gasteiger partial charge on any atom is 0.410 e. The van der Waals surface area contributed by atoms with Crippen LogP contribution in [-0.2, 0) is 4.74 Å². The van der Waals surface area contributed by atoms with Crippen LogP contribution in [0.15, 0.2) is 0 Å². The van der Waals surface area contributed by atoms with Gasteiger partial charge in [0.1, 0.15) is 11.3 Å². The van der Waals surface area contributed by atoms with Crippen LogP contribution in [-0.4, -0.2) is 58.9 Å². The summed E-state index contributed by atoms with van der Waals surface area (Å²) < 4.78 is 18.9. The third-order valence-electron chi connectivity index (χ3n) is 2.31. The number of ether oxygens (including phenoxy) is 1. The van der Waals surface area contributed by atoms with Gasteiger partial charge >= 0.3 is 6.09 Å². The van der Waals surface area contributed by atoms with Gasteiger partial charge in [0.2, 0.25) is 0 Å². The number of carbonyl (C=O) groups excluding carboxylic acids is 1. The molecule has 0 aromatic rings. The Morgan fingerprint density at radius 2 is 1.75 bits per heavy atom. The van der Waals surface area contributed by atoms with E-state index in [1.807, 2.05) is 0 Å². The van der Waals surface area contributed by atoms with E-state index in [4.69, 9.17) is 28.3 Å². The largest absolute Gasteiger partial charge is 0.444 e. The summed E-state index contributed by atoms with van der Waals surface area (Å²) in [4.78, 5) is 12.6. The number of hydrogen-bond donors (Lipinski definition) is 0. The number of carbonyl (C=O) groups is 1. The Morgan fingerprint density at radius 1 is 1.31 bits per heavy atom. The SMILES string of the molecule is [B]C([B])([B])C1(F)CN(C(=O)OC(C)(C)C)C1. The smallest absolute Gasteiger partial charge is 0.410 e. The lowest BCUT2D eigenvalue weighted by Crippen LogP contribution is -2.67. The number of amides is 1. The van der Waals surface area contributed by atoms with E-state index in [1.165, 1.54) is 4.90 Å². The Kier molecular flexibility index (Phi) is 3.12. The molecule has 1 rings (SSSR count). The fourth-order valence-electron chi connectivity index (χ4n) is 1.29. The van der Waals surface area contributed by atoms with Crippen molar-refractivity contribution in [3.8, 4) is 0 Å². The Morgan fingerprint density at radius 3 is 2.06 bits per heavy atom. The van der Waals surface area contributed by atoms with E-state index >= 15 is 0 Å². The third kappa shape index (κ3) is 2.74. The van der Waals surface area contributed by atoms with Crippen LogP contribution in [0, 0.1) is 0 Å². The van der Waals surface area contributed by atoms with Crippen LogP contribution < -0.4 is 0 Å². The van der Waals surface area contributed by atoms with Gasteiger partial charge in [-0.25, -0.2) is 9.18 Å². The molecule has 1 aliphatic heterocycles. The minimum atomic E-state index is -1.95. The molecular formula is C9H13B3FNO2. The number of alkyl halides is 1. The van der Waals surface area contributed by atoms with Gasteiger partial charge in [-0.15, -0.1) is 0 Å². The average molecular weight is 219 g/mol. The molecule has 16 heavy (non-hydrogen) atoms. The highest BCUT2D eigenvalue weighted by molar-refractivity contribution is 6.60. The molecule has 0 saturated carbocycles. The molecule has 0 aliphatic carbocycles. The van der Waals surface area contributed by atoms with Crippen LogP contribution in [0.5, 0.6) is 0 Å². The first-order valence-corrected chi connectivity index (χ1v) is 4.98. The molecule has 1 heterocycles. The lowest BCUT2D eigenvalue weighted by Gasteiger charge is -2.52. The van der Waals surface area contributed by atoms with E-state index in [0.717, 1.165) is 0 Å². The second-order valence-electron chi connectivity index (χ2n) is 5.23.